The van der Waals surface area contributed by atoms with E-state index in [9.17, 15) is 9.59 Å². The molecule has 5 rings (SSSR count). The molecule has 7 heteroatoms. The van der Waals surface area contributed by atoms with Crippen molar-refractivity contribution in [2.75, 3.05) is 36.4 Å². The number of hydrogen-bond donors (Lipinski definition) is 1. The number of amides is 2. The number of benzene rings is 3. The van der Waals surface area contributed by atoms with E-state index < -0.39 is 0 Å². The first-order valence-corrected chi connectivity index (χ1v) is 13.3. The summed E-state index contributed by atoms with van der Waals surface area (Å²) in [5.74, 6) is 0.656. The first-order valence-electron chi connectivity index (χ1n) is 12.4. The normalized spacial score (nSPS) is 14.2. The number of thiophene rings is 1. The predicted octanol–water partition coefficient (Wildman–Crippen LogP) is 6.10. The molecule has 1 N–H and O–H groups in total. The van der Waals surface area contributed by atoms with Gasteiger partial charge in [-0.15, -0.1) is 11.3 Å². The van der Waals surface area contributed by atoms with E-state index in [-0.39, 0.29) is 17.9 Å². The van der Waals surface area contributed by atoms with Crippen LogP contribution in [0.3, 0.4) is 0 Å². The zero-order valence-corrected chi connectivity index (χ0v) is 21.5. The molecule has 3 aromatic carbocycles. The summed E-state index contributed by atoms with van der Waals surface area (Å²) in [5, 5.41) is 4.89. The smallest absolute Gasteiger partial charge is 0.264 e. The quantitative estimate of drug-likeness (QED) is 0.326. The van der Waals surface area contributed by atoms with Crippen LogP contribution in [0.5, 0.6) is 5.75 Å². The molecule has 0 radical (unpaired) electrons. The maximum atomic E-state index is 12.8. The van der Waals surface area contributed by atoms with Crippen LogP contribution in [0.4, 0.5) is 11.4 Å². The first kappa shape index (κ1) is 24.6. The Morgan fingerprint density at radius 1 is 0.838 bits per heavy atom. The number of rotatable bonds is 7. The third kappa shape index (κ3) is 6.01. The number of piperazine rings is 1. The Morgan fingerprint density at radius 3 is 2.19 bits per heavy atom. The van der Waals surface area contributed by atoms with Gasteiger partial charge in [0.2, 0.25) is 0 Å². The molecule has 0 saturated carbocycles. The Kier molecular flexibility index (Phi) is 7.51. The van der Waals surface area contributed by atoms with Crippen molar-refractivity contribution in [1.82, 2.24) is 4.90 Å². The monoisotopic (exact) mass is 511 g/mol. The number of anilines is 2. The molecule has 1 fully saturated rings. The first-order chi connectivity index (χ1) is 18.1. The molecule has 2 amide bonds. The molecule has 1 saturated heterocycles. The zero-order valence-electron chi connectivity index (χ0n) is 20.7. The summed E-state index contributed by atoms with van der Waals surface area (Å²) < 4.78 is 6.01. The highest BCUT2D eigenvalue weighted by atomic mass is 32.1. The minimum Gasteiger partial charge on any atom is -0.486 e. The fourth-order valence-electron chi connectivity index (χ4n) is 4.36. The van der Waals surface area contributed by atoms with Gasteiger partial charge in [-0.25, -0.2) is 0 Å². The van der Waals surface area contributed by atoms with Gasteiger partial charge in [-0.3, -0.25) is 9.59 Å². The van der Waals surface area contributed by atoms with Crippen LogP contribution in [-0.4, -0.2) is 42.9 Å². The molecule has 0 bridgehead atoms. The van der Waals surface area contributed by atoms with Crippen LogP contribution in [-0.2, 0) is 0 Å². The highest BCUT2D eigenvalue weighted by Crippen LogP contribution is 2.24. The van der Waals surface area contributed by atoms with E-state index >= 15 is 0 Å². The van der Waals surface area contributed by atoms with E-state index in [0.717, 1.165) is 40.7 Å². The molecular weight excluding hydrogens is 482 g/mol. The van der Waals surface area contributed by atoms with Crippen LogP contribution < -0.4 is 15.0 Å². The largest absolute Gasteiger partial charge is 0.486 e. The summed E-state index contributed by atoms with van der Waals surface area (Å²) in [6.45, 7) is 4.95. The van der Waals surface area contributed by atoms with Gasteiger partial charge in [-0.2, -0.15) is 0 Å². The van der Waals surface area contributed by atoms with Crippen LogP contribution in [0.25, 0.3) is 0 Å². The predicted molar refractivity (Wildman–Crippen MR) is 149 cm³/mol. The van der Waals surface area contributed by atoms with Gasteiger partial charge in [0.1, 0.15) is 11.9 Å². The van der Waals surface area contributed by atoms with E-state index in [2.05, 4.69) is 10.2 Å². The highest BCUT2D eigenvalue weighted by molar-refractivity contribution is 7.12. The molecule has 1 aliphatic rings. The lowest BCUT2D eigenvalue weighted by Crippen LogP contribution is -2.48. The van der Waals surface area contributed by atoms with Gasteiger partial charge in [0.25, 0.3) is 11.8 Å². The van der Waals surface area contributed by atoms with Gasteiger partial charge < -0.3 is 19.9 Å². The Balaban J connectivity index is 1.12. The Labute approximate surface area is 221 Å². The number of ether oxygens (including phenoxy) is 1. The van der Waals surface area contributed by atoms with E-state index in [0.29, 0.717) is 18.7 Å². The van der Waals surface area contributed by atoms with Crippen molar-refractivity contribution < 1.29 is 14.3 Å². The number of carbonyl (C=O) groups is 2. The zero-order chi connectivity index (χ0) is 25.6. The number of hydrogen-bond acceptors (Lipinski definition) is 5. The SMILES string of the molecule is CC(Oc1ccc(C(=O)Nc2ccc(N3CCN(C(=O)c4cccs4)CC3)cc2)cc1)c1ccccc1. The summed E-state index contributed by atoms with van der Waals surface area (Å²) in [5.41, 5.74) is 3.48. The fraction of sp³-hybridized carbons (Fsp3) is 0.200. The molecule has 188 valence electrons. The van der Waals surface area contributed by atoms with Crippen molar-refractivity contribution in [3.8, 4) is 5.75 Å². The van der Waals surface area contributed by atoms with E-state index in [4.69, 9.17) is 4.74 Å². The molecule has 0 spiro atoms. The van der Waals surface area contributed by atoms with Crippen molar-refractivity contribution in [2.24, 2.45) is 0 Å². The van der Waals surface area contributed by atoms with E-state index in [1.807, 2.05) is 96.1 Å². The average molecular weight is 512 g/mol. The van der Waals surface area contributed by atoms with Crippen molar-refractivity contribution in [2.45, 2.75) is 13.0 Å². The Morgan fingerprint density at radius 2 is 1.54 bits per heavy atom. The number of carbonyl (C=O) groups excluding carboxylic acids is 2. The molecule has 4 aromatic rings. The number of nitrogens with one attached hydrogen (secondary N) is 1. The van der Waals surface area contributed by atoms with Gasteiger partial charge >= 0.3 is 0 Å². The summed E-state index contributed by atoms with van der Waals surface area (Å²) in [4.78, 5) is 30.3. The molecule has 37 heavy (non-hydrogen) atoms. The molecule has 1 aliphatic heterocycles. The topological polar surface area (TPSA) is 61.9 Å². The summed E-state index contributed by atoms with van der Waals surface area (Å²) in [6.07, 6.45) is -0.0798. The average Bonchev–Trinajstić information content (AvgIpc) is 3.49. The molecule has 1 atom stereocenters. The molecular formula is C30H29N3O3S. The van der Waals surface area contributed by atoms with Crippen molar-refractivity contribution in [3.05, 3.63) is 112 Å². The maximum Gasteiger partial charge on any atom is 0.264 e. The highest BCUT2D eigenvalue weighted by Gasteiger charge is 2.23. The maximum absolute atomic E-state index is 12.8. The number of nitrogens with zero attached hydrogens (tertiary/aromatic N) is 2. The van der Waals surface area contributed by atoms with Gasteiger partial charge in [0, 0.05) is 43.1 Å². The van der Waals surface area contributed by atoms with Gasteiger partial charge in [-0.05, 0) is 72.5 Å². The third-order valence-corrected chi connectivity index (χ3v) is 7.35. The molecule has 6 nitrogen and oxygen atoms in total. The standard InChI is InChI=1S/C30H29N3O3S/c1-22(23-6-3-2-4-7-23)36-27-15-9-24(10-16-27)29(34)31-25-11-13-26(14-12-25)32-17-19-33(20-18-32)30(35)28-8-5-21-37-28/h2-16,21-22H,17-20H2,1H3,(H,31,34). The van der Waals surface area contributed by atoms with E-state index in [1.54, 1.807) is 12.1 Å². The van der Waals surface area contributed by atoms with Crippen molar-refractivity contribution in [3.63, 3.8) is 0 Å². The van der Waals surface area contributed by atoms with Crippen LogP contribution >= 0.6 is 11.3 Å². The van der Waals surface area contributed by atoms with E-state index in [1.165, 1.54) is 11.3 Å². The second-order valence-electron chi connectivity index (χ2n) is 8.95. The molecule has 1 unspecified atom stereocenters. The molecule has 0 aliphatic carbocycles. The third-order valence-electron chi connectivity index (χ3n) is 6.49. The Hall–Kier alpha value is -4.10. The van der Waals surface area contributed by atoms with Crippen molar-refractivity contribution >= 4 is 34.5 Å². The second kappa shape index (κ2) is 11.3. The summed E-state index contributed by atoms with van der Waals surface area (Å²) in [6, 6.07) is 28.8. The van der Waals surface area contributed by atoms with Crippen LogP contribution in [0.1, 0.15) is 38.6 Å². The fourth-order valence-corrected chi connectivity index (χ4v) is 5.05. The van der Waals surface area contributed by atoms with Crippen LogP contribution in [0, 0.1) is 0 Å². The lowest BCUT2D eigenvalue weighted by Gasteiger charge is -2.36. The molecule has 1 aromatic heterocycles. The summed E-state index contributed by atoms with van der Waals surface area (Å²) >= 11 is 1.48. The lowest BCUT2D eigenvalue weighted by atomic mass is 10.1. The van der Waals surface area contributed by atoms with Gasteiger partial charge in [-0.1, -0.05) is 36.4 Å². The minimum atomic E-state index is -0.170. The lowest BCUT2D eigenvalue weighted by molar-refractivity contribution is 0.0751. The molecule has 2 heterocycles. The van der Waals surface area contributed by atoms with Crippen molar-refractivity contribution in [1.29, 1.82) is 0 Å². The summed E-state index contributed by atoms with van der Waals surface area (Å²) in [7, 11) is 0. The van der Waals surface area contributed by atoms with Gasteiger partial charge in [0.05, 0.1) is 4.88 Å². The Bertz CT molecular complexity index is 1320. The second-order valence-corrected chi connectivity index (χ2v) is 9.90. The van der Waals surface area contributed by atoms with Crippen LogP contribution in [0.15, 0.2) is 96.4 Å². The minimum absolute atomic E-state index is 0.0798. The van der Waals surface area contributed by atoms with Gasteiger partial charge in [0.15, 0.2) is 0 Å². The van der Waals surface area contributed by atoms with Crippen LogP contribution in [0.2, 0.25) is 0 Å².